The van der Waals surface area contributed by atoms with Crippen LogP contribution in [0.15, 0.2) is 4.52 Å². The minimum Gasteiger partial charge on any atom is -0.339 e. The SMILES string of the molecule is CC(C)c1nc(CN2CCC[C@@H]([C@@]3(C)NC(=O)NC3=O)C2)no1. The van der Waals surface area contributed by atoms with Crippen LogP contribution in [-0.2, 0) is 11.3 Å². The highest BCUT2D eigenvalue weighted by Gasteiger charge is 2.48. The van der Waals surface area contributed by atoms with Gasteiger partial charge in [-0.3, -0.25) is 15.0 Å². The maximum Gasteiger partial charge on any atom is 0.322 e. The van der Waals surface area contributed by atoms with Crippen molar-refractivity contribution in [3.05, 3.63) is 11.7 Å². The molecule has 0 aliphatic carbocycles. The molecule has 0 spiro atoms. The number of piperidine rings is 1. The van der Waals surface area contributed by atoms with Gasteiger partial charge in [0.2, 0.25) is 5.89 Å². The van der Waals surface area contributed by atoms with Gasteiger partial charge in [0.05, 0.1) is 6.54 Å². The van der Waals surface area contributed by atoms with Gasteiger partial charge in [0.25, 0.3) is 5.91 Å². The molecule has 8 nitrogen and oxygen atoms in total. The Morgan fingerprint density at radius 3 is 2.83 bits per heavy atom. The zero-order valence-corrected chi connectivity index (χ0v) is 13.8. The first kappa shape index (κ1) is 15.9. The third-order valence-electron chi connectivity index (χ3n) is 4.74. The Morgan fingerprint density at radius 2 is 2.22 bits per heavy atom. The van der Waals surface area contributed by atoms with Crippen molar-refractivity contribution in [2.45, 2.75) is 51.6 Å². The fraction of sp³-hybridized carbons (Fsp3) is 0.733. The number of amides is 3. The first-order valence-corrected chi connectivity index (χ1v) is 8.07. The minimum atomic E-state index is -0.837. The molecule has 2 aliphatic rings. The molecular weight excluding hydrogens is 298 g/mol. The molecule has 3 rings (SSSR count). The zero-order valence-electron chi connectivity index (χ0n) is 13.8. The first-order chi connectivity index (χ1) is 10.9. The van der Waals surface area contributed by atoms with Gasteiger partial charge in [0.1, 0.15) is 5.54 Å². The fourth-order valence-electron chi connectivity index (χ4n) is 3.28. The van der Waals surface area contributed by atoms with Crippen molar-refractivity contribution in [2.75, 3.05) is 13.1 Å². The molecule has 2 aliphatic heterocycles. The molecule has 0 saturated carbocycles. The quantitative estimate of drug-likeness (QED) is 0.803. The van der Waals surface area contributed by atoms with E-state index in [4.69, 9.17) is 4.52 Å². The van der Waals surface area contributed by atoms with Crippen LogP contribution in [0, 0.1) is 5.92 Å². The van der Waals surface area contributed by atoms with Crippen molar-refractivity contribution < 1.29 is 14.1 Å². The highest BCUT2D eigenvalue weighted by atomic mass is 16.5. The second kappa shape index (κ2) is 5.92. The summed E-state index contributed by atoms with van der Waals surface area (Å²) in [5, 5.41) is 9.14. The number of aromatic nitrogens is 2. The highest BCUT2D eigenvalue weighted by Crippen LogP contribution is 2.30. The van der Waals surface area contributed by atoms with Crippen molar-refractivity contribution in [1.29, 1.82) is 0 Å². The van der Waals surface area contributed by atoms with E-state index >= 15 is 0 Å². The summed E-state index contributed by atoms with van der Waals surface area (Å²) in [6.07, 6.45) is 1.88. The van der Waals surface area contributed by atoms with Gasteiger partial charge in [-0.2, -0.15) is 4.98 Å². The molecule has 3 heterocycles. The number of nitrogens with zero attached hydrogens (tertiary/aromatic N) is 3. The summed E-state index contributed by atoms with van der Waals surface area (Å²) in [5.41, 5.74) is -0.837. The van der Waals surface area contributed by atoms with Crippen LogP contribution in [0.25, 0.3) is 0 Å². The molecule has 0 unspecified atom stereocenters. The van der Waals surface area contributed by atoms with Gasteiger partial charge in [-0.15, -0.1) is 0 Å². The molecule has 2 N–H and O–H groups in total. The molecule has 1 aromatic heterocycles. The summed E-state index contributed by atoms with van der Waals surface area (Å²) in [7, 11) is 0. The lowest BCUT2D eigenvalue weighted by molar-refractivity contribution is -0.126. The van der Waals surface area contributed by atoms with Gasteiger partial charge in [0, 0.05) is 18.4 Å². The van der Waals surface area contributed by atoms with Gasteiger partial charge in [-0.25, -0.2) is 4.79 Å². The molecule has 2 atom stereocenters. The average molecular weight is 321 g/mol. The minimum absolute atomic E-state index is 0.0687. The van der Waals surface area contributed by atoms with E-state index in [1.54, 1.807) is 6.92 Å². The van der Waals surface area contributed by atoms with E-state index < -0.39 is 11.6 Å². The Bertz CT molecular complexity index is 614. The van der Waals surface area contributed by atoms with Gasteiger partial charge in [-0.1, -0.05) is 19.0 Å². The second-order valence-corrected chi connectivity index (χ2v) is 6.89. The Hall–Kier alpha value is -1.96. The predicted molar refractivity (Wildman–Crippen MR) is 81.5 cm³/mol. The van der Waals surface area contributed by atoms with Crippen LogP contribution < -0.4 is 10.6 Å². The molecule has 0 radical (unpaired) electrons. The number of hydrogen-bond donors (Lipinski definition) is 2. The van der Waals surface area contributed by atoms with Gasteiger partial charge in [0.15, 0.2) is 5.82 Å². The van der Waals surface area contributed by atoms with Crippen LogP contribution in [0.1, 0.15) is 51.2 Å². The normalized spacial score (nSPS) is 29.0. The molecule has 2 saturated heterocycles. The fourth-order valence-corrected chi connectivity index (χ4v) is 3.28. The van der Waals surface area contributed by atoms with Crippen LogP contribution in [0.5, 0.6) is 0 Å². The number of rotatable bonds is 4. The molecular formula is C15H23N5O3. The van der Waals surface area contributed by atoms with E-state index in [2.05, 4.69) is 25.7 Å². The van der Waals surface area contributed by atoms with Crippen molar-refractivity contribution in [1.82, 2.24) is 25.7 Å². The number of urea groups is 1. The molecule has 3 amide bonds. The monoisotopic (exact) mass is 321 g/mol. The largest absolute Gasteiger partial charge is 0.339 e. The molecule has 2 fully saturated rings. The van der Waals surface area contributed by atoms with Crippen LogP contribution in [0.3, 0.4) is 0 Å². The number of imide groups is 1. The van der Waals surface area contributed by atoms with Crippen LogP contribution in [0.2, 0.25) is 0 Å². The summed E-state index contributed by atoms with van der Waals surface area (Å²) in [4.78, 5) is 30.2. The van der Waals surface area contributed by atoms with Gasteiger partial charge < -0.3 is 9.84 Å². The highest BCUT2D eigenvalue weighted by molar-refractivity contribution is 6.06. The van der Waals surface area contributed by atoms with E-state index in [1.165, 1.54) is 0 Å². The lowest BCUT2D eigenvalue weighted by Crippen LogP contribution is -2.55. The van der Waals surface area contributed by atoms with Crippen molar-refractivity contribution in [3.8, 4) is 0 Å². The van der Waals surface area contributed by atoms with E-state index in [9.17, 15) is 9.59 Å². The Morgan fingerprint density at radius 1 is 1.43 bits per heavy atom. The summed E-state index contributed by atoms with van der Waals surface area (Å²) < 4.78 is 5.24. The predicted octanol–water partition coefficient (Wildman–Crippen LogP) is 1.00. The number of carbonyl (C=O) groups excluding carboxylic acids is 2. The van der Waals surface area contributed by atoms with Crippen molar-refractivity contribution in [3.63, 3.8) is 0 Å². The molecule has 0 aromatic carbocycles. The summed E-state index contributed by atoms with van der Waals surface area (Å²) in [6.45, 7) is 8.06. The number of likely N-dealkylation sites (tertiary alicyclic amines) is 1. The van der Waals surface area contributed by atoms with E-state index in [1.807, 2.05) is 13.8 Å². The van der Waals surface area contributed by atoms with E-state index in [0.717, 1.165) is 25.9 Å². The lowest BCUT2D eigenvalue weighted by Gasteiger charge is -2.39. The third kappa shape index (κ3) is 3.08. The lowest BCUT2D eigenvalue weighted by atomic mass is 9.80. The topological polar surface area (TPSA) is 100 Å². The smallest absolute Gasteiger partial charge is 0.322 e. The molecule has 1 aromatic rings. The Balaban J connectivity index is 1.66. The average Bonchev–Trinajstić information content (AvgIpc) is 3.05. The Kier molecular flexibility index (Phi) is 4.09. The third-order valence-corrected chi connectivity index (χ3v) is 4.74. The molecule has 23 heavy (non-hydrogen) atoms. The molecule has 0 bridgehead atoms. The maximum absolute atomic E-state index is 12.1. The van der Waals surface area contributed by atoms with Gasteiger partial charge in [-0.05, 0) is 26.3 Å². The van der Waals surface area contributed by atoms with E-state index in [0.29, 0.717) is 18.3 Å². The zero-order chi connectivity index (χ0) is 16.6. The maximum atomic E-state index is 12.1. The standard InChI is InChI=1S/C15H23N5O3/c1-9(2)12-16-11(19-23-12)8-20-6-4-5-10(7-20)15(3)13(21)17-14(22)18-15/h9-10H,4-8H2,1-3H3,(H2,17,18,21,22)/t10-,15-/m1/s1. The van der Waals surface area contributed by atoms with Crippen molar-refractivity contribution in [2.24, 2.45) is 5.92 Å². The summed E-state index contributed by atoms with van der Waals surface area (Å²) >= 11 is 0. The van der Waals surface area contributed by atoms with E-state index in [-0.39, 0.29) is 17.7 Å². The summed E-state index contributed by atoms with van der Waals surface area (Å²) in [5.74, 6) is 1.35. The van der Waals surface area contributed by atoms with Gasteiger partial charge >= 0.3 is 6.03 Å². The molecule has 8 heteroatoms. The van der Waals surface area contributed by atoms with Crippen LogP contribution in [0.4, 0.5) is 4.79 Å². The molecule has 126 valence electrons. The number of carbonyl (C=O) groups is 2. The number of nitrogens with one attached hydrogen (secondary N) is 2. The Labute approximate surface area is 135 Å². The first-order valence-electron chi connectivity index (χ1n) is 8.07. The summed E-state index contributed by atoms with van der Waals surface area (Å²) in [6, 6.07) is -0.408. The second-order valence-electron chi connectivity index (χ2n) is 6.89. The van der Waals surface area contributed by atoms with Crippen LogP contribution in [-0.4, -0.2) is 45.6 Å². The van der Waals surface area contributed by atoms with Crippen LogP contribution >= 0.6 is 0 Å². The van der Waals surface area contributed by atoms with Crippen molar-refractivity contribution >= 4 is 11.9 Å². The number of hydrogen-bond acceptors (Lipinski definition) is 6.